The van der Waals surface area contributed by atoms with Crippen molar-refractivity contribution in [1.82, 2.24) is 14.6 Å². The van der Waals surface area contributed by atoms with E-state index in [2.05, 4.69) is 10.1 Å². The van der Waals surface area contributed by atoms with Crippen LogP contribution in [0.25, 0.3) is 0 Å². The quantitative estimate of drug-likeness (QED) is 0.665. The molecule has 9 nitrogen and oxygen atoms in total. The number of hydrogen-bond donors (Lipinski definition) is 2. The molecule has 0 atom stereocenters. The van der Waals surface area contributed by atoms with Crippen LogP contribution < -0.4 is 20.7 Å². The van der Waals surface area contributed by atoms with Gasteiger partial charge < -0.3 is 14.6 Å². The van der Waals surface area contributed by atoms with E-state index in [1.807, 2.05) is 17.1 Å². The van der Waals surface area contributed by atoms with Crippen LogP contribution in [0, 0.1) is 0 Å². The molecule has 2 heterocycles. The van der Waals surface area contributed by atoms with Crippen molar-refractivity contribution in [2.45, 2.75) is 38.6 Å². The molecular formula is C21H28N4O5. The first-order chi connectivity index (χ1) is 14.5. The lowest BCUT2D eigenvalue weighted by Gasteiger charge is -2.15. The molecule has 2 aromatic rings. The van der Waals surface area contributed by atoms with Crippen molar-refractivity contribution < 1.29 is 14.6 Å². The average Bonchev–Trinajstić information content (AvgIpc) is 3.02. The van der Waals surface area contributed by atoms with Crippen LogP contribution in [0.3, 0.4) is 0 Å². The number of nitrogens with one attached hydrogen (secondary N) is 1. The third-order valence-corrected chi connectivity index (χ3v) is 5.21. The van der Waals surface area contributed by atoms with Gasteiger partial charge in [0.1, 0.15) is 5.56 Å². The molecule has 0 spiro atoms. The van der Waals surface area contributed by atoms with Crippen LogP contribution in [-0.4, -0.2) is 53.2 Å². The van der Waals surface area contributed by atoms with Crippen molar-refractivity contribution in [3.63, 3.8) is 0 Å². The van der Waals surface area contributed by atoms with E-state index in [9.17, 15) is 14.7 Å². The van der Waals surface area contributed by atoms with E-state index < -0.39 is 11.2 Å². The largest absolute Gasteiger partial charge is 0.494 e. The van der Waals surface area contributed by atoms with Crippen LogP contribution >= 0.6 is 0 Å². The third-order valence-electron chi connectivity index (χ3n) is 5.21. The Morgan fingerprint density at radius 2 is 1.80 bits per heavy atom. The zero-order valence-electron chi connectivity index (χ0n) is 17.4. The number of methoxy groups -OCH3 is 2. The molecule has 30 heavy (non-hydrogen) atoms. The van der Waals surface area contributed by atoms with Gasteiger partial charge in [0.2, 0.25) is 5.88 Å². The number of aromatic amines is 1. The summed E-state index contributed by atoms with van der Waals surface area (Å²) in [4.78, 5) is 26.7. The van der Waals surface area contributed by atoms with Crippen LogP contribution in [0.4, 0.5) is 0 Å². The molecule has 1 aliphatic rings. The number of aromatic nitrogens is 2. The van der Waals surface area contributed by atoms with E-state index in [-0.39, 0.29) is 18.0 Å². The molecule has 1 fully saturated rings. The first kappa shape index (κ1) is 21.5. The summed E-state index contributed by atoms with van der Waals surface area (Å²) in [5, 5.41) is 16.8. The summed E-state index contributed by atoms with van der Waals surface area (Å²) >= 11 is 0. The Labute approximate surface area is 174 Å². The Morgan fingerprint density at radius 3 is 2.47 bits per heavy atom. The molecule has 0 amide bonds. The highest BCUT2D eigenvalue weighted by Crippen LogP contribution is 2.27. The fourth-order valence-electron chi connectivity index (χ4n) is 3.48. The summed E-state index contributed by atoms with van der Waals surface area (Å²) in [5.74, 6) is 0.804. The molecule has 0 bridgehead atoms. The van der Waals surface area contributed by atoms with Gasteiger partial charge in [-0.3, -0.25) is 19.4 Å². The number of ether oxygens (including phenoxy) is 2. The molecular weight excluding hydrogens is 388 g/mol. The minimum Gasteiger partial charge on any atom is -0.494 e. The molecule has 0 radical (unpaired) electrons. The van der Waals surface area contributed by atoms with Gasteiger partial charge in [-0.15, -0.1) is 0 Å². The minimum absolute atomic E-state index is 0.0221. The Hall–Kier alpha value is -3.23. The van der Waals surface area contributed by atoms with Gasteiger partial charge in [-0.05, 0) is 37.0 Å². The minimum atomic E-state index is -0.662. The number of benzene rings is 1. The van der Waals surface area contributed by atoms with Crippen molar-refractivity contribution >= 4 is 6.21 Å². The molecule has 0 saturated carbocycles. The van der Waals surface area contributed by atoms with Gasteiger partial charge in [0.15, 0.2) is 11.5 Å². The number of nitrogens with zero attached hydrogens (tertiary/aromatic N) is 3. The Morgan fingerprint density at radius 1 is 1.10 bits per heavy atom. The first-order valence-corrected chi connectivity index (χ1v) is 10.1. The molecule has 162 valence electrons. The lowest BCUT2D eigenvalue weighted by Crippen LogP contribution is -2.33. The smallest absolute Gasteiger partial charge is 0.331 e. The zero-order valence-corrected chi connectivity index (χ0v) is 17.4. The van der Waals surface area contributed by atoms with Gasteiger partial charge in [0.25, 0.3) is 5.56 Å². The SMILES string of the molecule is COc1ccc(CCn2c(O)c(/C=N/N3CCCCCC3)c(=O)[nH]c2=O)cc1OC. The Kier molecular flexibility index (Phi) is 7.16. The molecule has 1 aliphatic heterocycles. The number of H-pyrrole nitrogens is 1. The van der Waals surface area contributed by atoms with Gasteiger partial charge in [0.05, 0.1) is 20.4 Å². The predicted octanol–water partition coefficient (Wildman–Crippen LogP) is 1.71. The number of hydrogen-bond acceptors (Lipinski definition) is 7. The molecule has 1 aromatic carbocycles. The van der Waals surface area contributed by atoms with E-state index in [1.54, 1.807) is 20.3 Å². The normalized spacial score (nSPS) is 14.7. The highest BCUT2D eigenvalue weighted by molar-refractivity contribution is 5.81. The fraction of sp³-hybridized carbons (Fsp3) is 0.476. The van der Waals surface area contributed by atoms with E-state index in [1.165, 1.54) is 19.1 Å². The number of rotatable bonds is 7. The zero-order chi connectivity index (χ0) is 21.5. The van der Waals surface area contributed by atoms with Crippen LogP contribution in [0.5, 0.6) is 17.4 Å². The van der Waals surface area contributed by atoms with Crippen LogP contribution in [0.2, 0.25) is 0 Å². The summed E-state index contributed by atoms with van der Waals surface area (Å²) in [7, 11) is 3.11. The van der Waals surface area contributed by atoms with Crippen molar-refractivity contribution in [2.75, 3.05) is 27.3 Å². The summed E-state index contributed by atoms with van der Waals surface area (Å²) in [6.45, 7) is 1.81. The number of aromatic hydroxyl groups is 1. The molecule has 1 saturated heterocycles. The van der Waals surface area contributed by atoms with Crippen LogP contribution in [0.1, 0.15) is 36.8 Å². The summed E-state index contributed by atoms with van der Waals surface area (Å²) in [5.41, 5.74) is -0.445. The topological polar surface area (TPSA) is 109 Å². The number of aryl methyl sites for hydroxylation is 1. The maximum Gasteiger partial charge on any atom is 0.331 e. The Bertz CT molecular complexity index is 1000. The standard InChI is InChI=1S/C21H28N4O5/c1-29-17-8-7-15(13-18(17)30-2)9-12-25-20(27)16(19(26)23-21(25)28)14-22-24-10-5-3-4-6-11-24/h7-8,13-14,27H,3-6,9-12H2,1-2H3,(H,23,26,28)/b22-14+. The Balaban J connectivity index is 1.81. The highest BCUT2D eigenvalue weighted by Gasteiger charge is 2.14. The summed E-state index contributed by atoms with van der Waals surface area (Å²) < 4.78 is 11.7. The average molecular weight is 416 g/mol. The molecule has 0 aliphatic carbocycles. The van der Waals surface area contributed by atoms with Crippen molar-refractivity contribution in [1.29, 1.82) is 0 Å². The van der Waals surface area contributed by atoms with Crippen molar-refractivity contribution in [3.05, 3.63) is 50.2 Å². The lowest BCUT2D eigenvalue weighted by molar-refractivity contribution is 0.302. The molecule has 2 N–H and O–H groups in total. The van der Waals surface area contributed by atoms with E-state index >= 15 is 0 Å². The molecule has 9 heteroatoms. The summed E-state index contributed by atoms with van der Waals surface area (Å²) in [6, 6.07) is 5.45. The van der Waals surface area contributed by atoms with E-state index in [4.69, 9.17) is 9.47 Å². The lowest BCUT2D eigenvalue weighted by atomic mass is 10.1. The van der Waals surface area contributed by atoms with Gasteiger partial charge >= 0.3 is 5.69 Å². The third kappa shape index (κ3) is 5.03. The molecule has 0 unspecified atom stereocenters. The van der Waals surface area contributed by atoms with Crippen molar-refractivity contribution in [2.24, 2.45) is 5.10 Å². The fourth-order valence-corrected chi connectivity index (χ4v) is 3.48. The van der Waals surface area contributed by atoms with Crippen LogP contribution in [-0.2, 0) is 13.0 Å². The number of hydrazone groups is 1. The predicted molar refractivity (Wildman–Crippen MR) is 114 cm³/mol. The van der Waals surface area contributed by atoms with Gasteiger partial charge in [-0.2, -0.15) is 5.10 Å². The second-order valence-electron chi connectivity index (χ2n) is 7.20. The second kappa shape index (κ2) is 10.00. The molecule has 3 rings (SSSR count). The van der Waals surface area contributed by atoms with Gasteiger partial charge in [-0.25, -0.2) is 4.79 Å². The molecule has 1 aromatic heterocycles. The first-order valence-electron chi connectivity index (χ1n) is 10.1. The van der Waals surface area contributed by atoms with E-state index in [0.717, 1.165) is 36.1 Å². The monoisotopic (exact) mass is 416 g/mol. The maximum absolute atomic E-state index is 12.3. The second-order valence-corrected chi connectivity index (χ2v) is 7.20. The summed E-state index contributed by atoms with van der Waals surface area (Å²) in [6.07, 6.45) is 6.21. The van der Waals surface area contributed by atoms with E-state index in [0.29, 0.717) is 17.9 Å². The van der Waals surface area contributed by atoms with Crippen LogP contribution in [0.15, 0.2) is 32.9 Å². The maximum atomic E-state index is 12.3. The van der Waals surface area contributed by atoms with Crippen molar-refractivity contribution in [3.8, 4) is 17.4 Å². The van der Waals surface area contributed by atoms with Gasteiger partial charge in [0, 0.05) is 19.6 Å². The highest BCUT2D eigenvalue weighted by atomic mass is 16.5. The van der Waals surface area contributed by atoms with Gasteiger partial charge in [-0.1, -0.05) is 18.9 Å².